The number of halogens is 1. The van der Waals surface area contributed by atoms with Crippen molar-refractivity contribution in [3.05, 3.63) is 47.0 Å². The molecule has 2 heterocycles. The van der Waals surface area contributed by atoms with Crippen molar-refractivity contribution in [2.75, 3.05) is 19.7 Å². The van der Waals surface area contributed by atoms with Crippen molar-refractivity contribution in [2.24, 2.45) is 0 Å². The van der Waals surface area contributed by atoms with Crippen LogP contribution in [0.4, 0.5) is 0 Å². The number of benzene rings is 1. The molecule has 0 aliphatic carbocycles. The normalized spacial score (nSPS) is 18.0. The van der Waals surface area contributed by atoms with Gasteiger partial charge in [-0.3, -0.25) is 4.79 Å². The van der Waals surface area contributed by atoms with Gasteiger partial charge in [-0.1, -0.05) is 15.9 Å². The van der Waals surface area contributed by atoms with Crippen molar-refractivity contribution < 1.29 is 19.4 Å². The first kappa shape index (κ1) is 15.7. The number of nitrogens with zero attached hydrogens (tertiary/aromatic N) is 3. The van der Waals surface area contributed by atoms with E-state index in [9.17, 15) is 9.59 Å². The lowest BCUT2D eigenvalue weighted by molar-refractivity contribution is -0.154. The number of hydrogen-bond acceptors (Lipinski definition) is 4. The van der Waals surface area contributed by atoms with Gasteiger partial charge in [-0.2, -0.15) is 0 Å². The molecule has 0 radical (unpaired) electrons. The summed E-state index contributed by atoms with van der Waals surface area (Å²) in [6.45, 7) is 0.587. The number of carboxylic acids is 1. The van der Waals surface area contributed by atoms with Crippen molar-refractivity contribution in [3.8, 4) is 5.69 Å². The second kappa shape index (κ2) is 6.51. The van der Waals surface area contributed by atoms with Gasteiger partial charge < -0.3 is 19.3 Å². The number of aliphatic carboxylic acids is 1. The van der Waals surface area contributed by atoms with Crippen LogP contribution in [0.25, 0.3) is 5.69 Å². The summed E-state index contributed by atoms with van der Waals surface area (Å²) in [6, 6.07) is 7.59. The Hall–Kier alpha value is -2.19. The zero-order valence-corrected chi connectivity index (χ0v) is 13.6. The van der Waals surface area contributed by atoms with Crippen LogP contribution < -0.4 is 0 Å². The van der Waals surface area contributed by atoms with Gasteiger partial charge in [-0.05, 0) is 24.3 Å². The predicted molar refractivity (Wildman–Crippen MR) is 84.5 cm³/mol. The molecular formula is C15H14BrN3O4. The van der Waals surface area contributed by atoms with E-state index in [0.29, 0.717) is 6.54 Å². The molecule has 1 aliphatic rings. The van der Waals surface area contributed by atoms with Crippen LogP contribution in [-0.4, -0.2) is 57.2 Å². The highest BCUT2D eigenvalue weighted by Crippen LogP contribution is 2.15. The number of morpholine rings is 1. The van der Waals surface area contributed by atoms with Crippen LogP contribution >= 0.6 is 15.9 Å². The summed E-state index contributed by atoms with van der Waals surface area (Å²) >= 11 is 3.37. The Kier molecular flexibility index (Phi) is 4.44. The van der Waals surface area contributed by atoms with Crippen molar-refractivity contribution in [1.29, 1.82) is 0 Å². The maximum absolute atomic E-state index is 12.5. The first-order valence-electron chi connectivity index (χ1n) is 6.98. The third-order valence-corrected chi connectivity index (χ3v) is 4.08. The molecule has 0 spiro atoms. The molecular weight excluding hydrogens is 366 g/mol. The highest BCUT2D eigenvalue weighted by Gasteiger charge is 2.30. The van der Waals surface area contributed by atoms with Crippen LogP contribution in [-0.2, 0) is 9.53 Å². The van der Waals surface area contributed by atoms with Crippen LogP contribution in [0, 0.1) is 0 Å². The topological polar surface area (TPSA) is 84.7 Å². The van der Waals surface area contributed by atoms with E-state index < -0.39 is 12.1 Å². The molecule has 1 saturated heterocycles. The summed E-state index contributed by atoms with van der Waals surface area (Å²) in [5, 5.41) is 9.00. The predicted octanol–water partition coefficient (Wildman–Crippen LogP) is 1.56. The third-order valence-electron chi connectivity index (χ3n) is 3.56. The van der Waals surface area contributed by atoms with E-state index in [-0.39, 0.29) is 24.8 Å². The van der Waals surface area contributed by atoms with Crippen molar-refractivity contribution in [3.63, 3.8) is 0 Å². The summed E-state index contributed by atoms with van der Waals surface area (Å²) in [6.07, 6.45) is 2.21. The maximum Gasteiger partial charge on any atom is 0.334 e. The van der Waals surface area contributed by atoms with Gasteiger partial charge in [0.1, 0.15) is 12.0 Å². The number of carbonyl (C=O) groups is 2. The Morgan fingerprint density at radius 1 is 1.30 bits per heavy atom. The highest BCUT2D eigenvalue weighted by atomic mass is 79.9. The Morgan fingerprint density at radius 3 is 2.74 bits per heavy atom. The molecule has 3 rings (SSSR count). The van der Waals surface area contributed by atoms with E-state index >= 15 is 0 Å². The van der Waals surface area contributed by atoms with Crippen LogP contribution in [0.2, 0.25) is 0 Å². The molecule has 1 fully saturated rings. The van der Waals surface area contributed by atoms with Gasteiger partial charge in [0.15, 0.2) is 6.10 Å². The first-order chi connectivity index (χ1) is 11.0. The van der Waals surface area contributed by atoms with Gasteiger partial charge in [-0.15, -0.1) is 0 Å². The Labute approximate surface area is 140 Å². The molecule has 2 aromatic rings. The lowest BCUT2D eigenvalue weighted by Crippen LogP contribution is -2.48. The average Bonchev–Trinajstić information content (AvgIpc) is 3.05. The van der Waals surface area contributed by atoms with Gasteiger partial charge in [-0.25, -0.2) is 9.78 Å². The second-order valence-electron chi connectivity index (χ2n) is 5.09. The zero-order valence-electron chi connectivity index (χ0n) is 12.1. The van der Waals surface area contributed by atoms with Crippen LogP contribution in [0.1, 0.15) is 10.5 Å². The largest absolute Gasteiger partial charge is 0.479 e. The Balaban J connectivity index is 1.75. The van der Waals surface area contributed by atoms with Gasteiger partial charge in [0.25, 0.3) is 5.91 Å². The van der Waals surface area contributed by atoms with E-state index in [1.54, 1.807) is 17.1 Å². The molecule has 8 heteroatoms. The van der Waals surface area contributed by atoms with Gasteiger partial charge in [0, 0.05) is 22.9 Å². The SMILES string of the molecule is O=C(O)[C@H]1CN(C(=O)c2cn(-c3ccc(Br)cc3)cn2)CCO1. The van der Waals surface area contributed by atoms with E-state index in [4.69, 9.17) is 9.84 Å². The number of aromatic nitrogens is 2. The van der Waals surface area contributed by atoms with E-state index in [2.05, 4.69) is 20.9 Å². The molecule has 1 amide bonds. The molecule has 1 aromatic heterocycles. The minimum Gasteiger partial charge on any atom is -0.479 e. The quantitative estimate of drug-likeness (QED) is 0.874. The molecule has 0 saturated carbocycles. The van der Waals surface area contributed by atoms with E-state index in [1.807, 2.05) is 24.3 Å². The molecule has 0 bridgehead atoms. The van der Waals surface area contributed by atoms with Crippen LogP contribution in [0.3, 0.4) is 0 Å². The summed E-state index contributed by atoms with van der Waals surface area (Å²) in [4.78, 5) is 29.0. The summed E-state index contributed by atoms with van der Waals surface area (Å²) in [5.41, 5.74) is 1.16. The first-order valence-corrected chi connectivity index (χ1v) is 7.77. The van der Waals surface area contributed by atoms with Crippen LogP contribution in [0.5, 0.6) is 0 Å². The lowest BCUT2D eigenvalue weighted by atomic mass is 10.2. The third kappa shape index (κ3) is 3.43. The maximum atomic E-state index is 12.5. The van der Waals surface area contributed by atoms with Gasteiger partial charge >= 0.3 is 5.97 Å². The smallest absolute Gasteiger partial charge is 0.334 e. The fourth-order valence-electron chi connectivity index (χ4n) is 2.33. The molecule has 0 unspecified atom stereocenters. The minimum absolute atomic E-state index is 0.0271. The Morgan fingerprint density at radius 2 is 2.04 bits per heavy atom. The zero-order chi connectivity index (χ0) is 16.4. The average molecular weight is 380 g/mol. The monoisotopic (exact) mass is 379 g/mol. The van der Waals surface area contributed by atoms with Crippen molar-refractivity contribution in [1.82, 2.24) is 14.5 Å². The van der Waals surface area contributed by atoms with Crippen LogP contribution in [0.15, 0.2) is 41.3 Å². The Bertz CT molecular complexity index is 729. The standard InChI is InChI=1S/C15H14BrN3O4/c16-10-1-3-11(4-2-10)19-7-12(17-9-19)14(20)18-5-6-23-13(8-18)15(21)22/h1-4,7,9,13H,5-6,8H2,(H,21,22)/t13-/m1/s1. The lowest BCUT2D eigenvalue weighted by Gasteiger charge is -2.30. The summed E-state index contributed by atoms with van der Waals surface area (Å²) in [7, 11) is 0. The number of rotatable bonds is 3. The molecule has 1 atom stereocenters. The molecule has 120 valence electrons. The number of ether oxygens (including phenoxy) is 1. The molecule has 1 aliphatic heterocycles. The number of hydrogen-bond donors (Lipinski definition) is 1. The van der Waals surface area contributed by atoms with Crippen molar-refractivity contribution in [2.45, 2.75) is 6.10 Å². The van der Waals surface area contributed by atoms with E-state index in [1.165, 1.54) is 4.90 Å². The van der Waals surface area contributed by atoms with E-state index in [0.717, 1.165) is 10.2 Å². The molecule has 23 heavy (non-hydrogen) atoms. The molecule has 1 N–H and O–H groups in total. The molecule has 1 aromatic carbocycles. The van der Waals surface area contributed by atoms with Gasteiger partial charge in [0.05, 0.1) is 13.2 Å². The number of imidazole rings is 1. The number of carboxylic acid groups (broad SMARTS) is 1. The van der Waals surface area contributed by atoms with Crippen molar-refractivity contribution >= 4 is 27.8 Å². The second-order valence-corrected chi connectivity index (χ2v) is 6.01. The number of amides is 1. The fourth-order valence-corrected chi connectivity index (χ4v) is 2.60. The summed E-state index contributed by atoms with van der Waals surface area (Å²) < 4.78 is 7.83. The number of carbonyl (C=O) groups excluding carboxylic acids is 1. The fraction of sp³-hybridized carbons (Fsp3) is 0.267. The summed E-state index contributed by atoms with van der Waals surface area (Å²) in [5.74, 6) is -1.36. The molecule has 7 nitrogen and oxygen atoms in total. The highest BCUT2D eigenvalue weighted by molar-refractivity contribution is 9.10. The van der Waals surface area contributed by atoms with Gasteiger partial charge in [0.2, 0.25) is 0 Å². The minimum atomic E-state index is -1.07.